The highest BCUT2D eigenvalue weighted by atomic mass is 16.5. The minimum Gasteiger partial charge on any atom is -0.378 e. The molecular weight excluding hydrogens is 627 g/mol. The number of rotatable bonds is 6. The van der Waals surface area contributed by atoms with Gasteiger partial charge in [-0.25, -0.2) is 9.97 Å². The van der Waals surface area contributed by atoms with Crippen molar-refractivity contribution in [1.82, 2.24) is 9.97 Å². The highest BCUT2D eigenvalue weighted by Gasteiger charge is 2.19. The largest absolute Gasteiger partial charge is 0.378 e. The van der Waals surface area contributed by atoms with Crippen molar-refractivity contribution in [3.05, 3.63) is 74.6 Å². The molecule has 0 unspecified atom stereocenters. The lowest BCUT2D eigenvalue weighted by molar-refractivity contribution is 0.122. The fourth-order valence-electron chi connectivity index (χ4n) is 8.04. The molecule has 1 aromatic carbocycles. The van der Waals surface area contributed by atoms with E-state index in [0.29, 0.717) is 17.8 Å². The molecule has 3 saturated heterocycles. The molecule has 0 N–H and O–H groups in total. The van der Waals surface area contributed by atoms with Crippen LogP contribution >= 0.6 is 0 Å². The van der Waals surface area contributed by atoms with E-state index in [0.717, 1.165) is 37.8 Å². The Kier molecular flexibility index (Phi) is 15.2. The topological polar surface area (TPSA) is 44.7 Å². The van der Waals surface area contributed by atoms with Gasteiger partial charge in [-0.15, -0.1) is 0 Å². The van der Waals surface area contributed by atoms with E-state index in [-0.39, 0.29) is 0 Å². The molecule has 282 valence electrons. The number of benzene rings is 1. The zero-order valence-electron chi connectivity index (χ0n) is 34.6. The van der Waals surface area contributed by atoms with E-state index in [1.807, 2.05) is 0 Å². The van der Waals surface area contributed by atoms with Gasteiger partial charge in [-0.2, -0.15) is 0 Å². The maximum atomic E-state index is 5.38. The lowest BCUT2D eigenvalue weighted by Crippen LogP contribution is -2.37. The summed E-state index contributed by atoms with van der Waals surface area (Å²) in [4.78, 5) is 17.0. The maximum Gasteiger partial charge on any atom is 0.131 e. The predicted octanol–water partition coefficient (Wildman–Crippen LogP) is 10.9. The molecule has 0 atom stereocenters. The van der Waals surface area contributed by atoms with Gasteiger partial charge in [-0.3, -0.25) is 0 Å². The van der Waals surface area contributed by atoms with Gasteiger partial charge in [0.2, 0.25) is 0 Å². The summed E-state index contributed by atoms with van der Waals surface area (Å²) in [5.41, 5.74) is 13.6. The van der Waals surface area contributed by atoms with E-state index in [1.54, 1.807) is 0 Å². The molecule has 0 bridgehead atoms. The Morgan fingerprint density at radius 1 is 0.451 bits per heavy atom. The molecule has 0 spiro atoms. The molecule has 0 amide bonds. The Hall–Kier alpha value is -3.12. The first kappa shape index (κ1) is 40.6. The zero-order valence-corrected chi connectivity index (χ0v) is 34.6. The molecule has 51 heavy (non-hydrogen) atoms. The summed E-state index contributed by atoms with van der Waals surface area (Å²) < 4.78 is 5.38. The first-order chi connectivity index (χ1) is 24.3. The Bertz CT molecular complexity index is 1360. The second kappa shape index (κ2) is 19.1. The fourth-order valence-corrected chi connectivity index (χ4v) is 8.04. The van der Waals surface area contributed by atoms with Gasteiger partial charge in [0.15, 0.2) is 0 Å². The van der Waals surface area contributed by atoms with Gasteiger partial charge < -0.3 is 19.4 Å². The van der Waals surface area contributed by atoms with Gasteiger partial charge in [0.25, 0.3) is 0 Å². The molecule has 3 aromatic rings. The highest BCUT2D eigenvalue weighted by molar-refractivity contribution is 5.58. The third-order valence-electron chi connectivity index (χ3n) is 10.9. The van der Waals surface area contributed by atoms with Crippen LogP contribution in [-0.4, -0.2) is 62.5 Å². The highest BCUT2D eigenvalue weighted by Crippen LogP contribution is 2.31. The molecule has 0 aliphatic carbocycles. The van der Waals surface area contributed by atoms with Crippen LogP contribution in [0.1, 0.15) is 148 Å². The number of anilines is 3. The smallest absolute Gasteiger partial charge is 0.131 e. The molecule has 0 saturated carbocycles. The Morgan fingerprint density at radius 3 is 1.27 bits per heavy atom. The average Bonchev–Trinajstić information content (AvgIpc) is 3.12. The molecule has 5 heterocycles. The van der Waals surface area contributed by atoms with E-state index in [2.05, 4.69) is 122 Å². The van der Waals surface area contributed by atoms with E-state index in [4.69, 9.17) is 14.7 Å². The van der Waals surface area contributed by atoms with Gasteiger partial charge in [0, 0.05) is 56.3 Å². The van der Waals surface area contributed by atoms with Crippen molar-refractivity contribution in [2.24, 2.45) is 0 Å². The van der Waals surface area contributed by atoms with Crippen molar-refractivity contribution < 1.29 is 4.74 Å². The summed E-state index contributed by atoms with van der Waals surface area (Å²) in [5.74, 6) is 4.09. The van der Waals surface area contributed by atoms with Gasteiger partial charge in [0.1, 0.15) is 11.6 Å². The Labute approximate surface area is 312 Å². The quantitative estimate of drug-likeness (QED) is 0.255. The van der Waals surface area contributed by atoms with Crippen molar-refractivity contribution in [2.45, 2.75) is 139 Å². The fraction of sp³-hybridized carbons (Fsp3) is 0.644. The van der Waals surface area contributed by atoms with E-state index >= 15 is 0 Å². The summed E-state index contributed by atoms with van der Waals surface area (Å²) in [7, 11) is 0. The number of nitrogens with zero attached hydrogens (tertiary/aromatic N) is 5. The monoisotopic (exact) mass is 698 g/mol. The van der Waals surface area contributed by atoms with Crippen molar-refractivity contribution in [3.8, 4) is 0 Å². The number of morpholine rings is 1. The van der Waals surface area contributed by atoms with Crippen LogP contribution in [0.5, 0.6) is 0 Å². The van der Waals surface area contributed by atoms with Crippen LogP contribution in [-0.2, 0) is 4.74 Å². The third kappa shape index (κ3) is 10.9. The lowest BCUT2D eigenvalue weighted by Gasteiger charge is -2.31. The molecule has 0 radical (unpaired) electrons. The Morgan fingerprint density at radius 2 is 0.843 bits per heavy atom. The molecule has 6 heteroatoms. The second-order valence-corrected chi connectivity index (χ2v) is 16.3. The van der Waals surface area contributed by atoms with Crippen LogP contribution in [0.25, 0.3) is 0 Å². The van der Waals surface area contributed by atoms with Gasteiger partial charge in [-0.1, -0.05) is 59.7 Å². The van der Waals surface area contributed by atoms with Gasteiger partial charge in [0.05, 0.1) is 13.2 Å². The second-order valence-electron chi connectivity index (χ2n) is 16.3. The zero-order chi connectivity index (χ0) is 37.2. The molecule has 2 aromatic heterocycles. The van der Waals surface area contributed by atoms with Crippen LogP contribution < -0.4 is 14.7 Å². The molecule has 3 aliphatic rings. The van der Waals surface area contributed by atoms with Crippen LogP contribution in [0.3, 0.4) is 0 Å². The minimum absolute atomic E-state index is 0.542. The van der Waals surface area contributed by atoms with Crippen LogP contribution in [0.2, 0.25) is 0 Å². The van der Waals surface area contributed by atoms with Gasteiger partial charge >= 0.3 is 0 Å². The minimum atomic E-state index is 0.542. The van der Waals surface area contributed by atoms with Crippen molar-refractivity contribution in [2.75, 3.05) is 67.2 Å². The lowest BCUT2D eigenvalue weighted by atomic mass is 9.94. The number of hydrogen-bond acceptors (Lipinski definition) is 6. The standard InChI is InChI=1S/C16H25N.C15H24N2.C14H22N2O/c1-12(2)15-10-14(4)16(11-13(15)3)17-8-6-5-7-9-17;1-11(2)14-10-12(3)15(16-13(14)4)17-8-6-5-7-9-17;1-10(2)13-9-11(3)14(15-12(13)4)16-5-7-17-8-6-16/h10-12H,5-9H2,1-4H3;10-11H,5-9H2,1-4H3;9-10H,5-8H2,1-4H3. The van der Waals surface area contributed by atoms with Crippen LogP contribution in [0, 0.1) is 41.5 Å². The first-order valence-electron chi connectivity index (χ1n) is 20.2. The van der Waals surface area contributed by atoms with Crippen LogP contribution in [0.15, 0.2) is 24.3 Å². The normalized spacial score (nSPS) is 16.6. The molecule has 3 fully saturated rings. The Balaban J connectivity index is 0.000000172. The van der Waals surface area contributed by atoms with Crippen LogP contribution in [0.4, 0.5) is 17.3 Å². The SMILES string of the molecule is Cc1cc(C(C)C)c(C)nc1N1CCCCC1.Cc1cc(C(C)C)c(C)nc1N1CCOCC1.Cc1cc(N2CCCCC2)c(C)cc1C(C)C. The number of aryl methyl sites for hydroxylation is 6. The molecular formula is C45H71N5O. The molecule has 6 rings (SSSR count). The molecule has 3 aliphatic heterocycles. The summed E-state index contributed by atoms with van der Waals surface area (Å²) in [5, 5.41) is 0. The number of ether oxygens (including phenoxy) is 1. The van der Waals surface area contributed by atoms with Crippen molar-refractivity contribution in [3.63, 3.8) is 0 Å². The predicted molar refractivity (Wildman–Crippen MR) is 221 cm³/mol. The van der Waals surface area contributed by atoms with E-state index < -0.39 is 0 Å². The molecule has 6 nitrogen and oxygen atoms in total. The van der Waals surface area contributed by atoms with Crippen molar-refractivity contribution >= 4 is 17.3 Å². The van der Waals surface area contributed by atoms with Crippen molar-refractivity contribution in [1.29, 1.82) is 0 Å². The number of hydrogen-bond donors (Lipinski definition) is 0. The number of piperidine rings is 2. The van der Waals surface area contributed by atoms with E-state index in [1.165, 1.54) is 121 Å². The number of aromatic nitrogens is 2. The van der Waals surface area contributed by atoms with Gasteiger partial charge in [-0.05, 0) is 143 Å². The maximum absolute atomic E-state index is 5.38. The van der Waals surface area contributed by atoms with E-state index in [9.17, 15) is 0 Å². The summed E-state index contributed by atoms with van der Waals surface area (Å²) in [6.07, 6.45) is 8.10. The number of pyridine rings is 2. The average molecular weight is 698 g/mol. The third-order valence-corrected chi connectivity index (χ3v) is 10.9. The summed E-state index contributed by atoms with van der Waals surface area (Å²) in [6, 6.07) is 9.41. The summed E-state index contributed by atoms with van der Waals surface area (Å²) in [6.45, 7) is 34.9. The first-order valence-corrected chi connectivity index (χ1v) is 20.2. The summed E-state index contributed by atoms with van der Waals surface area (Å²) >= 11 is 0.